The van der Waals surface area contributed by atoms with Crippen LogP contribution in [0.15, 0.2) is 48.7 Å². The maximum Gasteiger partial charge on any atom is 0.260 e. The fourth-order valence-corrected chi connectivity index (χ4v) is 2.84. The van der Waals surface area contributed by atoms with Crippen molar-refractivity contribution in [3.05, 3.63) is 48.7 Å². The first-order valence-electron chi connectivity index (χ1n) is 8.80. The Bertz CT molecular complexity index is 764. The van der Waals surface area contributed by atoms with Crippen molar-refractivity contribution in [3.63, 3.8) is 0 Å². The largest absolute Gasteiger partial charge is 0.484 e. The van der Waals surface area contributed by atoms with Gasteiger partial charge < -0.3 is 19.1 Å². The Balaban J connectivity index is 1.53. The zero-order chi connectivity index (χ0) is 19.1. The molecule has 142 valence electrons. The zero-order valence-electron chi connectivity index (χ0n) is 15.2. The van der Waals surface area contributed by atoms with Crippen LogP contribution < -0.4 is 9.47 Å². The van der Waals surface area contributed by atoms with Crippen molar-refractivity contribution in [2.24, 2.45) is 0 Å². The topological polar surface area (TPSA) is 78.0 Å². The molecule has 0 radical (unpaired) electrons. The molecular formula is C20H22N2O5. The average molecular weight is 370 g/mol. The third kappa shape index (κ3) is 5.52. The molecule has 1 atom stereocenters. The Hall–Kier alpha value is -2.93. The molecule has 0 saturated carbocycles. The first-order valence-corrected chi connectivity index (χ1v) is 8.80. The van der Waals surface area contributed by atoms with Crippen LogP contribution in [0.25, 0.3) is 0 Å². The Labute approximate surface area is 157 Å². The molecule has 1 amide bonds. The number of hydrogen-bond donors (Lipinski definition) is 0. The van der Waals surface area contributed by atoms with Gasteiger partial charge in [-0.15, -0.1) is 0 Å². The predicted molar refractivity (Wildman–Crippen MR) is 97.9 cm³/mol. The highest BCUT2D eigenvalue weighted by atomic mass is 16.5. The maximum absolute atomic E-state index is 12.5. The fourth-order valence-electron chi connectivity index (χ4n) is 2.84. The number of Topliss-reactive ketones (excluding diaryl/α,β-unsaturated/α-hetero) is 1. The highest BCUT2D eigenvalue weighted by Gasteiger charge is 2.28. The van der Waals surface area contributed by atoms with E-state index in [0.717, 1.165) is 0 Å². The highest BCUT2D eigenvalue weighted by Crippen LogP contribution is 2.22. The molecule has 2 heterocycles. The molecule has 0 unspecified atom stereocenters. The lowest BCUT2D eigenvalue weighted by Gasteiger charge is -2.35. The van der Waals surface area contributed by atoms with Gasteiger partial charge in [-0.3, -0.25) is 9.59 Å². The number of amides is 1. The first kappa shape index (κ1) is 18.8. The Morgan fingerprint density at radius 3 is 2.67 bits per heavy atom. The van der Waals surface area contributed by atoms with Gasteiger partial charge in [0.1, 0.15) is 17.3 Å². The van der Waals surface area contributed by atoms with Gasteiger partial charge in [-0.1, -0.05) is 6.07 Å². The highest BCUT2D eigenvalue weighted by molar-refractivity contribution is 5.80. The van der Waals surface area contributed by atoms with E-state index in [4.69, 9.17) is 14.2 Å². The van der Waals surface area contributed by atoms with Gasteiger partial charge in [0.15, 0.2) is 6.61 Å². The Morgan fingerprint density at radius 2 is 1.96 bits per heavy atom. The minimum atomic E-state index is -0.221. The number of carbonyl (C=O) groups is 2. The molecule has 27 heavy (non-hydrogen) atoms. The van der Waals surface area contributed by atoms with E-state index in [1.807, 2.05) is 12.1 Å². The zero-order valence-corrected chi connectivity index (χ0v) is 15.2. The molecule has 1 aromatic carbocycles. The maximum atomic E-state index is 12.5. The van der Waals surface area contributed by atoms with E-state index >= 15 is 0 Å². The quantitative estimate of drug-likeness (QED) is 0.745. The van der Waals surface area contributed by atoms with Crippen LogP contribution in [0.4, 0.5) is 0 Å². The summed E-state index contributed by atoms with van der Waals surface area (Å²) in [6.07, 6.45) is 1.95. The molecule has 1 aliphatic rings. The summed E-state index contributed by atoms with van der Waals surface area (Å²) in [5, 5.41) is 0. The first-order chi connectivity index (χ1) is 13.1. The second kappa shape index (κ2) is 9.14. The molecule has 0 N–H and O–H groups in total. The summed E-state index contributed by atoms with van der Waals surface area (Å²) in [6, 6.07) is 12.2. The van der Waals surface area contributed by atoms with Crippen LogP contribution in [-0.2, 0) is 14.3 Å². The molecule has 1 fully saturated rings. The monoisotopic (exact) mass is 370 g/mol. The minimum Gasteiger partial charge on any atom is -0.484 e. The number of carbonyl (C=O) groups excluding carboxylic acids is 2. The smallest absolute Gasteiger partial charge is 0.260 e. The third-order valence-corrected chi connectivity index (χ3v) is 4.12. The number of ether oxygens (including phenoxy) is 3. The van der Waals surface area contributed by atoms with E-state index in [1.165, 1.54) is 6.92 Å². The van der Waals surface area contributed by atoms with E-state index in [0.29, 0.717) is 43.6 Å². The fraction of sp³-hybridized carbons (Fsp3) is 0.350. The van der Waals surface area contributed by atoms with Gasteiger partial charge in [0.25, 0.3) is 5.91 Å². The van der Waals surface area contributed by atoms with Crippen molar-refractivity contribution < 1.29 is 23.8 Å². The Morgan fingerprint density at radius 1 is 1.19 bits per heavy atom. The van der Waals surface area contributed by atoms with Gasteiger partial charge in [-0.2, -0.15) is 0 Å². The third-order valence-electron chi connectivity index (χ3n) is 4.12. The molecule has 0 aliphatic carbocycles. The SMILES string of the molecule is CC(=O)C[C@H]1COCCN1C(=O)COc1ccc(Oc2ccccn2)cc1. The molecular weight excluding hydrogens is 348 g/mol. The number of ketones is 1. The average Bonchev–Trinajstić information content (AvgIpc) is 2.68. The molecule has 0 bridgehead atoms. The summed E-state index contributed by atoms with van der Waals surface area (Å²) in [4.78, 5) is 29.6. The van der Waals surface area contributed by atoms with Crippen molar-refractivity contribution in [1.82, 2.24) is 9.88 Å². The van der Waals surface area contributed by atoms with Crippen LogP contribution in [0.3, 0.4) is 0 Å². The van der Waals surface area contributed by atoms with E-state index in [2.05, 4.69) is 4.98 Å². The van der Waals surface area contributed by atoms with E-state index in [9.17, 15) is 9.59 Å². The van der Waals surface area contributed by atoms with Crippen LogP contribution in [-0.4, -0.2) is 54.0 Å². The van der Waals surface area contributed by atoms with Gasteiger partial charge >= 0.3 is 0 Å². The van der Waals surface area contributed by atoms with E-state index in [-0.39, 0.29) is 24.3 Å². The normalized spacial score (nSPS) is 16.6. The number of morpholine rings is 1. The molecule has 7 nitrogen and oxygen atoms in total. The summed E-state index contributed by atoms with van der Waals surface area (Å²) >= 11 is 0. The van der Waals surface area contributed by atoms with Gasteiger partial charge in [0.05, 0.1) is 19.3 Å². The van der Waals surface area contributed by atoms with Crippen molar-refractivity contribution in [2.75, 3.05) is 26.4 Å². The van der Waals surface area contributed by atoms with Crippen LogP contribution in [0.1, 0.15) is 13.3 Å². The molecule has 7 heteroatoms. The van der Waals surface area contributed by atoms with Gasteiger partial charge in [-0.25, -0.2) is 4.98 Å². The lowest BCUT2D eigenvalue weighted by molar-refractivity contribution is -0.143. The van der Waals surface area contributed by atoms with Crippen LogP contribution in [0.5, 0.6) is 17.4 Å². The number of benzene rings is 1. The van der Waals surface area contributed by atoms with Crippen LogP contribution in [0, 0.1) is 0 Å². The second-order valence-corrected chi connectivity index (χ2v) is 6.25. The summed E-state index contributed by atoms with van der Waals surface area (Å²) in [6.45, 7) is 2.75. The van der Waals surface area contributed by atoms with Crippen molar-refractivity contribution >= 4 is 11.7 Å². The number of hydrogen-bond acceptors (Lipinski definition) is 6. The molecule has 2 aromatic rings. The van der Waals surface area contributed by atoms with Gasteiger partial charge in [-0.05, 0) is 37.3 Å². The number of pyridine rings is 1. The minimum absolute atomic E-state index is 0.0349. The predicted octanol–water partition coefficient (Wildman–Crippen LogP) is 2.46. The molecule has 1 aliphatic heterocycles. The van der Waals surface area contributed by atoms with Crippen molar-refractivity contribution in [3.8, 4) is 17.4 Å². The summed E-state index contributed by atoms with van der Waals surface area (Å²) in [5.41, 5.74) is 0. The van der Waals surface area contributed by atoms with Gasteiger partial charge in [0.2, 0.25) is 5.88 Å². The standard InChI is InChI=1S/C20H22N2O5/c1-15(23)12-16-13-25-11-10-22(16)20(24)14-26-17-5-7-18(8-6-17)27-19-4-2-3-9-21-19/h2-9,16H,10-14H2,1H3/t16-/m0/s1. The lowest BCUT2D eigenvalue weighted by atomic mass is 10.1. The molecule has 1 aromatic heterocycles. The second-order valence-electron chi connectivity index (χ2n) is 6.25. The van der Waals surface area contributed by atoms with E-state index < -0.39 is 0 Å². The van der Waals surface area contributed by atoms with Crippen molar-refractivity contribution in [2.45, 2.75) is 19.4 Å². The molecule has 3 rings (SSSR count). The van der Waals surface area contributed by atoms with Crippen LogP contribution >= 0.6 is 0 Å². The lowest BCUT2D eigenvalue weighted by Crippen LogP contribution is -2.50. The molecule has 1 saturated heterocycles. The number of rotatable bonds is 7. The molecule has 0 spiro atoms. The summed E-state index contributed by atoms with van der Waals surface area (Å²) in [5.74, 6) is 1.58. The van der Waals surface area contributed by atoms with Crippen molar-refractivity contribution in [1.29, 1.82) is 0 Å². The number of nitrogens with zero attached hydrogens (tertiary/aromatic N) is 2. The van der Waals surface area contributed by atoms with Crippen LogP contribution in [0.2, 0.25) is 0 Å². The summed E-state index contributed by atoms with van der Waals surface area (Å²) < 4.78 is 16.6. The summed E-state index contributed by atoms with van der Waals surface area (Å²) in [7, 11) is 0. The van der Waals surface area contributed by atoms with Gasteiger partial charge in [0, 0.05) is 25.2 Å². The number of aromatic nitrogens is 1. The Kier molecular flexibility index (Phi) is 6.38. The van der Waals surface area contributed by atoms with E-state index in [1.54, 1.807) is 41.4 Å².